The molecule has 2 amide bonds. The van der Waals surface area contributed by atoms with Gasteiger partial charge in [-0.05, 0) is 54.8 Å². The van der Waals surface area contributed by atoms with Crippen molar-refractivity contribution in [3.05, 3.63) is 89.1 Å². The second-order valence-corrected chi connectivity index (χ2v) is 8.11. The number of methoxy groups -OCH3 is 2. The molecule has 3 N–H and O–H groups in total. The number of nitrogens with one attached hydrogen (secondary N) is 3. The smallest absolute Gasteiger partial charge is 0.319 e. The summed E-state index contributed by atoms with van der Waals surface area (Å²) in [5.74, 6) is 1.23. The number of anilines is 1. The third kappa shape index (κ3) is 4.80. The van der Waals surface area contributed by atoms with Gasteiger partial charge in [0.2, 0.25) is 0 Å². The summed E-state index contributed by atoms with van der Waals surface area (Å²) in [7, 11) is 3.24. The first-order chi connectivity index (χ1) is 16.0. The predicted molar refractivity (Wildman–Crippen MR) is 133 cm³/mol. The summed E-state index contributed by atoms with van der Waals surface area (Å²) in [4.78, 5) is 16.1. The maximum atomic E-state index is 12.8. The van der Waals surface area contributed by atoms with Crippen LogP contribution >= 0.6 is 0 Å². The Hall–Kier alpha value is -3.93. The van der Waals surface area contributed by atoms with Crippen molar-refractivity contribution in [2.75, 3.05) is 26.1 Å². The van der Waals surface area contributed by atoms with E-state index in [1.807, 2.05) is 74.6 Å². The maximum absolute atomic E-state index is 12.8. The first kappa shape index (κ1) is 22.3. The van der Waals surface area contributed by atoms with Crippen LogP contribution in [0.15, 0.2) is 66.9 Å². The zero-order valence-corrected chi connectivity index (χ0v) is 19.4. The molecule has 0 saturated heterocycles. The number of carbonyl (C=O) groups is 1. The quantitative estimate of drug-likeness (QED) is 0.340. The average Bonchev–Trinajstić information content (AvgIpc) is 3.25. The molecule has 0 unspecified atom stereocenters. The summed E-state index contributed by atoms with van der Waals surface area (Å²) in [5.41, 5.74) is 6.16. The number of aryl methyl sites for hydroxylation is 2. The standard InChI is InChI=1S/C27H29N3O3/c1-17-9-11-23(18(2)13-17)30-27(31)29-15-21(19-10-12-25(32-3)26(14-19)33-4)22-16-28-24-8-6-5-7-20(22)24/h5-14,16,21,28H,15H2,1-4H3,(H2,29,30,31)/t21-/m0/s1. The largest absolute Gasteiger partial charge is 0.493 e. The van der Waals surface area contributed by atoms with E-state index >= 15 is 0 Å². The number of amides is 2. The van der Waals surface area contributed by atoms with Crippen molar-refractivity contribution in [3.8, 4) is 11.5 Å². The van der Waals surface area contributed by atoms with E-state index in [-0.39, 0.29) is 11.9 Å². The zero-order chi connectivity index (χ0) is 23.4. The number of H-pyrrole nitrogens is 1. The van der Waals surface area contributed by atoms with Gasteiger partial charge in [0.05, 0.1) is 14.2 Å². The highest BCUT2D eigenvalue weighted by Gasteiger charge is 2.21. The maximum Gasteiger partial charge on any atom is 0.319 e. The molecule has 0 aliphatic heterocycles. The number of benzene rings is 3. The Morgan fingerprint density at radius 1 is 0.970 bits per heavy atom. The lowest BCUT2D eigenvalue weighted by molar-refractivity contribution is 0.252. The van der Waals surface area contributed by atoms with Gasteiger partial charge >= 0.3 is 6.03 Å². The molecule has 1 aromatic heterocycles. The van der Waals surface area contributed by atoms with Crippen LogP contribution in [-0.4, -0.2) is 31.8 Å². The summed E-state index contributed by atoms with van der Waals surface area (Å²) in [6, 6.07) is 19.8. The molecule has 0 saturated carbocycles. The van der Waals surface area contributed by atoms with E-state index in [1.165, 1.54) is 0 Å². The molecule has 0 spiro atoms. The van der Waals surface area contributed by atoms with E-state index in [4.69, 9.17) is 9.47 Å². The summed E-state index contributed by atoms with van der Waals surface area (Å²) in [6.45, 7) is 4.43. The SMILES string of the molecule is COc1ccc([C@H](CNC(=O)Nc2ccc(C)cc2C)c2c[nH]c3ccccc23)cc1OC. The molecule has 4 aromatic rings. The molecule has 6 nitrogen and oxygen atoms in total. The molecule has 0 radical (unpaired) electrons. The van der Waals surface area contributed by atoms with Crippen molar-refractivity contribution in [2.24, 2.45) is 0 Å². The first-order valence-corrected chi connectivity index (χ1v) is 10.9. The third-order valence-corrected chi connectivity index (χ3v) is 5.90. The minimum Gasteiger partial charge on any atom is -0.493 e. The van der Waals surface area contributed by atoms with Crippen LogP contribution < -0.4 is 20.1 Å². The zero-order valence-electron chi connectivity index (χ0n) is 19.4. The van der Waals surface area contributed by atoms with Crippen LogP contribution in [0.3, 0.4) is 0 Å². The fourth-order valence-electron chi connectivity index (χ4n) is 4.17. The van der Waals surface area contributed by atoms with Crippen LogP contribution in [0.4, 0.5) is 10.5 Å². The second-order valence-electron chi connectivity index (χ2n) is 8.11. The Labute approximate surface area is 193 Å². The second kappa shape index (κ2) is 9.69. The van der Waals surface area contributed by atoms with Gasteiger partial charge in [-0.2, -0.15) is 0 Å². The molecule has 1 atom stereocenters. The first-order valence-electron chi connectivity index (χ1n) is 10.9. The van der Waals surface area contributed by atoms with Gasteiger partial charge in [-0.25, -0.2) is 4.79 Å². The fourth-order valence-corrected chi connectivity index (χ4v) is 4.17. The molecule has 0 aliphatic rings. The van der Waals surface area contributed by atoms with Crippen LogP contribution in [0.5, 0.6) is 11.5 Å². The molecule has 0 fully saturated rings. The third-order valence-electron chi connectivity index (χ3n) is 5.90. The molecular formula is C27H29N3O3. The molecule has 33 heavy (non-hydrogen) atoms. The lowest BCUT2D eigenvalue weighted by Crippen LogP contribution is -2.33. The summed E-state index contributed by atoms with van der Waals surface area (Å²) < 4.78 is 10.9. The number of aromatic nitrogens is 1. The van der Waals surface area contributed by atoms with Crippen molar-refractivity contribution >= 4 is 22.6 Å². The fraction of sp³-hybridized carbons (Fsp3) is 0.222. The molecule has 0 aliphatic carbocycles. The van der Waals surface area contributed by atoms with Crippen LogP contribution in [-0.2, 0) is 0 Å². The Bertz CT molecular complexity index is 1280. The van der Waals surface area contributed by atoms with Crippen molar-refractivity contribution < 1.29 is 14.3 Å². The molecule has 0 bridgehead atoms. The minimum absolute atomic E-state index is 0.0918. The van der Waals surface area contributed by atoms with Gasteiger partial charge in [0.15, 0.2) is 11.5 Å². The number of ether oxygens (including phenoxy) is 2. The lowest BCUT2D eigenvalue weighted by atomic mass is 9.90. The van der Waals surface area contributed by atoms with E-state index in [1.54, 1.807) is 14.2 Å². The Balaban J connectivity index is 1.62. The highest BCUT2D eigenvalue weighted by atomic mass is 16.5. The van der Waals surface area contributed by atoms with Gasteiger partial charge in [-0.3, -0.25) is 0 Å². The van der Waals surface area contributed by atoms with E-state index in [9.17, 15) is 4.79 Å². The number of urea groups is 1. The average molecular weight is 444 g/mol. The van der Waals surface area contributed by atoms with Crippen LogP contribution in [0, 0.1) is 13.8 Å². The minimum atomic E-state index is -0.243. The van der Waals surface area contributed by atoms with Gasteiger partial charge in [0.25, 0.3) is 0 Å². The summed E-state index contributed by atoms with van der Waals surface area (Å²) >= 11 is 0. The Morgan fingerprint density at radius 2 is 1.76 bits per heavy atom. The molecule has 1 heterocycles. The molecule has 4 rings (SSSR count). The Kier molecular flexibility index (Phi) is 6.54. The van der Waals surface area contributed by atoms with Gasteiger partial charge in [-0.15, -0.1) is 0 Å². The van der Waals surface area contributed by atoms with Gasteiger partial charge in [-0.1, -0.05) is 42.0 Å². The Morgan fingerprint density at radius 3 is 2.52 bits per heavy atom. The normalized spacial score (nSPS) is 11.8. The van der Waals surface area contributed by atoms with Crippen LogP contribution in [0.25, 0.3) is 10.9 Å². The summed E-state index contributed by atoms with van der Waals surface area (Å²) in [6.07, 6.45) is 2.01. The predicted octanol–water partition coefficient (Wildman–Crippen LogP) is 5.76. The van der Waals surface area contributed by atoms with Crippen molar-refractivity contribution in [1.29, 1.82) is 0 Å². The highest BCUT2D eigenvalue weighted by Crippen LogP contribution is 2.35. The molecule has 3 aromatic carbocycles. The van der Waals surface area contributed by atoms with E-state index < -0.39 is 0 Å². The topological polar surface area (TPSA) is 75.4 Å². The van der Waals surface area contributed by atoms with Crippen LogP contribution in [0.2, 0.25) is 0 Å². The van der Waals surface area contributed by atoms with Gasteiger partial charge in [0, 0.05) is 35.2 Å². The highest BCUT2D eigenvalue weighted by molar-refractivity contribution is 5.90. The number of fused-ring (bicyclic) bond motifs is 1. The summed E-state index contributed by atoms with van der Waals surface area (Å²) in [5, 5.41) is 7.14. The van der Waals surface area contributed by atoms with E-state index in [0.29, 0.717) is 18.0 Å². The monoisotopic (exact) mass is 443 g/mol. The number of hydrogen-bond donors (Lipinski definition) is 3. The lowest BCUT2D eigenvalue weighted by Gasteiger charge is -2.20. The molecular weight excluding hydrogens is 414 g/mol. The molecule has 6 heteroatoms. The number of hydrogen-bond acceptors (Lipinski definition) is 3. The van der Waals surface area contributed by atoms with Crippen molar-refractivity contribution in [1.82, 2.24) is 10.3 Å². The number of rotatable bonds is 7. The molecule has 170 valence electrons. The van der Waals surface area contributed by atoms with E-state index in [0.717, 1.165) is 38.8 Å². The van der Waals surface area contributed by atoms with Gasteiger partial charge in [0.1, 0.15) is 0 Å². The van der Waals surface area contributed by atoms with Crippen LogP contribution in [0.1, 0.15) is 28.2 Å². The van der Waals surface area contributed by atoms with Crippen molar-refractivity contribution in [2.45, 2.75) is 19.8 Å². The van der Waals surface area contributed by atoms with E-state index in [2.05, 4.69) is 21.7 Å². The number of aromatic amines is 1. The number of para-hydroxylation sites is 1. The van der Waals surface area contributed by atoms with Gasteiger partial charge < -0.3 is 25.1 Å². The number of carbonyl (C=O) groups excluding carboxylic acids is 1. The van der Waals surface area contributed by atoms with Crippen molar-refractivity contribution in [3.63, 3.8) is 0 Å².